The van der Waals surface area contributed by atoms with Crippen LogP contribution >= 0.6 is 0 Å². The van der Waals surface area contributed by atoms with E-state index < -0.39 is 17.6 Å². The summed E-state index contributed by atoms with van der Waals surface area (Å²) in [6.07, 6.45) is 2.56. The molecule has 6 rings (SSSR count). The van der Waals surface area contributed by atoms with Crippen LogP contribution in [-0.4, -0.2) is 80.7 Å². The molecule has 0 aliphatic carbocycles. The zero-order chi connectivity index (χ0) is 31.9. The number of anilines is 2. The fraction of sp³-hybridized carbons (Fsp3) is 0.419. The lowest BCUT2D eigenvalue weighted by molar-refractivity contribution is 0.0577. The van der Waals surface area contributed by atoms with E-state index in [0.29, 0.717) is 59.5 Å². The number of fused-ring (bicyclic) bond motifs is 3. The van der Waals surface area contributed by atoms with E-state index in [9.17, 15) is 9.50 Å². The lowest BCUT2D eigenvalue weighted by atomic mass is 9.96. The molecule has 12 nitrogen and oxygen atoms in total. The number of ether oxygens (including phenoxy) is 3. The maximum Gasteiger partial charge on any atom is 0.226 e. The highest BCUT2D eigenvalue weighted by Crippen LogP contribution is 2.33. The molecule has 2 aromatic carbocycles. The first kappa shape index (κ1) is 30.3. The number of hydrogen-bond acceptors (Lipinski definition) is 10. The molecule has 0 radical (unpaired) electrons. The van der Waals surface area contributed by atoms with Crippen molar-refractivity contribution in [1.29, 1.82) is 0 Å². The average Bonchev–Trinajstić information content (AvgIpc) is 3.66. The van der Waals surface area contributed by atoms with Gasteiger partial charge < -0.3 is 29.5 Å². The van der Waals surface area contributed by atoms with E-state index in [2.05, 4.69) is 10.4 Å². The predicted octanol–water partition coefficient (Wildman–Crippen LogP) is 4.35. The van der Waals surface area contributed by atoms with Crippen LogP contribution < -0.4 is 24.4 Å². The van der Waals surface area contributed by atoms with E-state index >= 15 is 4.39 Å². The quantitative estimate of drug-likeness (QED) is 0.232. The Labute approximate surface area is 258 Å². The summed E-state index contributed by atoms with van der Waals surface area (Å²) in [5.41, 5.74) is 1.48. The Morgan fingerprint density at radius 1 is 1.04 bits per heavy atom. The third-order valence-electron chi connectivity index (χ3n) is 7.79. The summed E-state index contributed by atoms with van der Waals surface area (Å²) in [4.78, 5) is 11.5. The van der Waals surface area contributed by atoms with Crippen molar-refractivity contribution in [2.45, 2.75) is 51.0 Å². The largest absolute Gasteiger partial charge is 0.497 e. The van der Waals surface area contributed by atoms with E-state index in [0.717, 1.165) is 11.3 Å². The fourth-order valence-electron chi connectivity index (χ4n) is 5.68. The van der Waals surface area contributed by atoms with Crippen LogP contribution in [0.25, 0.3) is 16.6 Å². The first-order chi connectivity index (χ1) is 21.5. The fourth-order valence-corrected chi connectivity index (χ4v) is 5.68. The van der Waals surface area contributed by atoms with Crippen molar-refractivity contribution in [2.75, 3.05) is 44.6 Å². The van der Waals surface area contributed by atoms with Gasteiger partial charge in [-0.3, -0.25) is 4.68 Å². The topological polar surface area (TPSA) is 124 Å². The molecule has 238 valence electrons. The Hall–Kier alpha value is -4.72. The van der Waals surface area contributed by atoms with Crippen molar-refractivity contribution in [3.63, 3.8) is 0 Å². The monoisotopic (exact) mass is 622 g/mol. The molecule has 0 bridgehead atoms. The average molecular weight is 623 g/mol. The molecule has 3 aromatic heterocycles. The van der Waals surface area contributed by atoms with Crippen LogP contribution in [-0.2, 0) is 13.1 Å². The molecular formula is C31H36F2N8O4. The molecule has 1 fully saturated rings. The molecule has 1 saturated heterocycles. The molecule has 45 heavy (non-hydrogen) atoms. The number of nitrogens with one attached hydrogen (secondary N) is 1. The highest BCUT2D eigenvalue weighted by atomic mass is 19.1. The molecule has 0 amide bonds. The Kier molecular flexibility index (Phi) is 8.08. The van der Waals surface area contributed by atoms with E-state index in [1.54, 1.807) is 51.2 Å². The van der Waals surface area contributed by atoms with Crippen LogP contribution in [0.4, 0.5) is 20.4 Å². The van der Waals surface area contributed by atoms with E-state index in [4.69, 9.17) is 29.3 Å². The summed E-state index contributed by atoms with van der Waals surface area (Å²) >= 11 is 0. The van der Waals surface area contributed by atoms with Crippen LogP contribution in [0.1, 0.15) is 37.6 Å². The first-order valence-electron chi connectivity index (χ1n) is 14.6. The number of methoxy groups -OCH3 is 3. The smallest absolute Gasteiger partial charge is 0.226 e. The third-order valence-corrected chi connectivity index (χ3v) is 7.79. The summed E-state index contributed by atoms with van der Waals surface area (Å²) in [5.74, 6) is 1.20. The molecule has 4 heterocycles. The van der Waals surface area contributed by atoms with Gasteiger partial charge in [-0.2, -0.15) is 9.61 Å². The number of aliphatic hydroxyl groups is 1. The van der Waals surface area contributed by atoms with Crippen molar-refractivity contribution < 1.29 is 28.1 Å². The molecule has 2 N–H and O–H groups in total. The van der Waals surface area contributed by atoms with E-state index in [1.807, 2.05) is 17.0 Å². The van der Waals surface area contributed by atoms with Crippen molar-refractivity contribution in [1.82, 2.24) is 29.4 Å². The number of aromatic nitrogens is 6. The van der Waals surface area contributed by atoms with Gasteiger partial charge in [-0.25, -0.2) is 18.7 Å². The molecule has 2 atom stereocenters. The zero-order valence-electron chi connectivity index (χ0n) is 25.8. The van der Waals surface area contributed by atoms with Crippen LogP contribution in [0.3, 0.4) is 0 Å². The molecule has 14 heteroatoms. The van der Waals surface area contributed by atoms with Gasteiger partial charge in [-0.1, -0.05) is 0 Å². The van der Waals surface area contributed by atoms with Gasteiger partial charge in [0.15, 0.2) is 23.0 Å². The summed E-state index contributed by atoms with van der Waals surface area (Å²) < 4.78 is 49.4. The number of halogens is 2. The highest BCUT2D eigenvalue weighted by molar-refractivity contribution is 5.93. The Morgan fingerprint density at radius 2 is 1.84 bits per heavy atom. The third kappa shape index (κ3) is 6.27. The SMILES string of the molecule is COc1ccc(CNc2nc3cc(OC)c(F)cc3c3nc(C4CC(F)CN(c5cnn(CC(C)(C)O)c5)C4)nn23)c(OC)c1. The van der Waals surface area contributed by atoms with Crippen molar-refractivity contribution in [3.05, 3.63) is 59.9 Å². The number of rotatable bonds is 10. The number of alkyl halides is 1. The van der Waals surface area contributed by atoms with Gasteiger partial charge in [0.25, 0.3) is 0 Å². The molecule has 0 spiro atoms. The first-order valence-corrected chi connectivity index (χ1v) is 14.6. The number of benzene rings is 2. The van der Waals surface area contributed by atoms with Crippen LogP contribution in [0.2, 0.25) is 0 Å². The molecular weight excluding hydrogens is 586 g/mol. The number of piperidine rings is 1. The minimum absolute atomic E-state index is 0.0511. The minimum atomic E-state index is -1.13. The molecule has 0 saturated carbocycles. The van der Waals surface area contributed by atoms with Gasteiger partial charge in [-0.15, -0.1) is 5.10 Å². The van der Waals surface area contributed by atoms with Crippen LogP contribution in [0.5, 0.6) is 17.2 Å². The van der Waals surface area contributed by atoms with Crippen molar-refractivity contribution >= 4 is 28.2 Å². The summed E-state index contributed by atoms with van der Waals surface area (Å²) in [6, 6.07) is 8.35. The molecule has 1 aliphatic heterocycles. The summed E-state index contributed by atoms with van der Waals surface area (Å²) in [7, 11) is 4.56. The van der Waals surface area contributed by atoms with E-state index in [-0.39, 0.29) is 24.6 Å². The Balaban J connectivity index is 1.36. The minimum Gasteiger partial charge on any atom is -0.497 e. The lowest BCUT2D eigenvalue weighted by Gasteiger charge is -2.34. The highest BCUT2D eigenvalue weighted by Gasteiger charge is 2.32. The maximum absolute atomic E-state index is 15.2. The second-order valence-electron chi connectivity index (χ2n) is 11.8. The lowest BCUT2D eigenvalue weighted by Crippen LogP contribution is -2.41. The van der Waals surface area contributed by atoms with Crippen LogP contribution in [0.15, 0.2) is 42.7 Å². The van der Waals surface area contributed by atoms with Crippen molar-refractivity contribution in [2.24, 2.45) is 0 Å². The zero-order valence-corrected chi connectivity index (χ0v) is 25.8. The normalized spacial score (nSPS) is 17.2. The molecule has 2 unspecified atom stereocenters. The predicted molar refractivity (Wildman–Crippen MR) is 165 cm³/mol. The van der Waals surface area contributed by atoms with Gasteiger partial charge in [-0.05, 0) is 38.5 Å². The van der Waals surface area contributed by atoms with Crippen LogP contribution in [0, 0.1) is 5.82 Å². The number of nitrogens with zero attached hydrogens (tertiary/aromatic N) is 7. The second-order valence-corrected chi connectivity index (χ2v) is 11.8. The molecule has 5 aromatic rings. The Bertz CT molecular complexity index is 1840. The maximum atomic E-state index is 15.2. The standard InChI is InChI=1S/C31H36F2N8O4/c1-31(2,42)17-40-16-21(13-35-40)39-14-19(8-20(32)15-39)28-37-29-23-10-24(33)27(45-5)11-25(23)36-30(41(29)38-28)34-12-18-6-7-22(43-3)9-26(18)44-4/h6-7,9-11,13,16,19-20,42H,8,12,14-15,17H2,1-5H3,(H,34,36). The van der Waals surface area contributed by atoms with Gasteiger partial charge >= 0.3 is 0 Å². The van der Waals surface area contributed by atoms with Gasteiger partial charge in [0, 0.05) is 54.8 Å². The summed E-state index contributed by atoms with van der Waals surface area (Å²) in [5, 5.41) is 23.1. The molecule has 1 aliphatic rings. The number of hydrogen-bond donors (Lipinski definition) is 2. The Morgan fingerprint density at radius 3 is 2.58 bits per heavy atom. The van der Waals surface area contributed by atoms with Gasteiger partial charge in [0.2, 0.25) is 5.95 Å². The van der Waals surface area contributed by atoms with E-state index in [1.165, 1.54) is 23.8 Å². The van der Waals surface area contributed by atoms with Crippen molar-refractivity contribution in [3.8, 4) is 17.2 Å². The van der Waals surface area contributed by atoms with Gasteiger partial charge in [0.1, 0.15) is 17.7 Å². The van der Waals surface area contributed by atoms with Gasteiger partial charge in [0.05, 0.1) is 50.9 Å². The summed E-state index contributed by atoms with van der Waals surface area (Å²) in [6.45, 7) is 4.68. The second kappa shape index (κ2) is 12.0.